The molecule has 2 atom stereocenters. The lowest BCUT2D eigenvalue weighted by Crippen LogP contribution is -2.63. The number of carbonyl (C=O) groups excluding carboxylic acids is 2. The van der Waals surface area contributed by atoms with Crippen LogP contribution < -0.4 is 5.32 Å². The van der Waals surface area contributed by atoms with Crippen LogP contribution in [0.25, 0.3) is 22.3 Å². The number of ether oxygens (including phenoxy) is 1. The fourth-order valence-corrected chi connectivity index (χ4v) is 6.13. The van der Waals surface area contributed by atoms with Gasteiger partial charge in [-0.3, -0.25) is 19.6 Å². The molecule has 0 unspecified atom stereocenters. The molecule has 0 saturated carbocycles. The lowest BCUT2D eigenvalue weighted by Gasteiger charge is -2.35. The Hall–Kier alpha value is -3.82. The van der Waals surface area contributed by atoms with Crippen LogP contribution in [0.2, 0.25) is 0 Å². The molecule has 1 spiro atoms. The van der Waals surface area contributed by atoms with Gasteiger partial charge in [-0.05, 0) is 41.9 Å². The Morgan fingerprint density at radius 2 is 1.67 bits per heavy atom. The molecule has 9 nitrogen and oxygen atoms in total. The van der Waals surface area contributed by atoms with E-state index in [1.165, 1.54) is 0 Å². The third-order valence-corrected chi connectivity index (χ3v) is 8.49. The van der Waals surface area contributed by atoms with Crippen LogP contribution in [-0.4, -0.2) is 88.6 Å². The van der Waals surface area contributed by atoms with Gasteiger partial charge in [0.25, 0.3) is 11.8 Å². The Bertz CT molecular complexity index is 1390. The number of rotatable bonds is 6. The number of aromatic nitrogens is 2. The van der Waals surface area contributed by atoms with Gasteiger partial charge in [0.05, 0.1) is 6.20 Å². The van der Waals surface area contributed by atoms with Gasteiger partial charge in [0, 0.05) is 56.7 Å². The van der Waals surface area contributed by atoms with Crippen molar-refractivity contribution in [3.8, 4) is 22.3 Å². The van der Waals surface area contributed by atoms with Gasteiger partial charge < -0.3 is 15.0 Å². The Kier molecular flexibility index (Phi) is 6.05. The highest BCUT2D eigenvalue weighted by Crippen LogP contribution is 2.33. The van der Waals surface area contributed by atoms with Gasteiger partial charge in [-0.1, -0.05) is 48.5 Å². The predicted molar refractivity (Wildman–Crippen MR) is 147 cm³/mol. The molecule has 0 bridgehead atoms. The summed E-state index contributed by atoms with van der Waals surface area (Å²) in [4.78, 5) is 35.2. The summed E-state index contributed by atoms with van der Waals surface area (Å²) >= 11 is 0. The van der Waals surface area contributed by atoms with E-state index in [4.69, 9.17) is 9.73 Å². The number of amides is 2. The van der Waals surface area contributed by atoms with Gasteiger partial charge in [0.1, 0.15) is 11.9 Å². The predicted octanol–water partition coefficient (Wildman–Crippen LogP) is 2.70. The zero-order valence-electron chi connectivity index (χ0n) is 21.8. The van der Waals surface area contributed by atoms with Gasteiger partial charge >= 0.3 is 0 Å². The van der Waals surface area contributed by atoms with E-state index in [9.17, 15) is 9.59 Å². The second-order valence-electron chi connectivity index (χ2n) is 11.1. The lowest BCUT2D eigenvalue weighted by molar-refractivity contribution is -0.139. The first kappa shape index (κ1) is 24.2. The van der Waals surface area contributed by atoms with Crippen LogP contribution in [0.4, 0.5) is 0 Å². The van der Waals surface area contributed by atoms with Crippen LogP contribution in [-0.2, 0) is 14.3 Å². The van der Waals surface area contributed by atoms with E-state index in [0.29, 0.717) is 32.8 Å². The van der Waals surface area contributed by atoms with E-state index in [1.54, 1.807) is 0 Å². The van der Waals surface area contributed by atoms with E-state index in [0.717, 1.165) is 59.5 Å². The summed E-state index contributed by atoms with van der Waals surface area (Å²) in [6, 6.07) is 16.7. The number of amidine groups is 1. The number of hydrogen-bond acceptors (Lipinski definition) is 6. The molecule has 7 rings (SSSR count). The number of likely N-dealkylation sites (tertiary alicyclic amines) is 1. The van der Waals surface area contributed by atoms with Crippen LogP contribution in [0, 0.1) is 5.92 Å². The average molecular weight is 525 g/mol. The highest BCUT2D eigenvalue weighted by atomic mass is 16.5. The van der Waals surface area contributed by atoms with Crippen LogP contribution in [0.1, 0.15) is 24.8 Å². The smallest absolute Gasteiger partial charge is 0.258 e. The molecule has 2 N–H and O–H groups in total. The summed E-state index contributed by atoms with van der Waals surface area (Å²) in [5, 5.41) is 10.1. The zero-order valence-corrected chi connectivity index (χ0v) is 21.8. The Balaban J connectivity index is 1.08. The molecular formula is C30H32N6O3. The Morgan fingerprint density at radius 1 is 0.974 bits per heavy atom. The molecule has 0 radical (unpaired) electrons. The first-order valence-electron chi connectivity index (χ1n) is 13.8. The fourth-order valence-electron chi connectivity index (χ4n) is 6.13. The number of nitrogens with zero attached hydrogens (tertiary/aromatic N) is 4. The molecular weight excluding hydrogens is 492 g/mol. The highest BCUT2D eigenvalue weighted by Gasteiger charge is 2.53. The summed E-state index contributed by atoms with van der Waals surface area (Å²) in [7, 11) is 0. The van der Waals surface area contributed by atoms with Gasteiger partial charge in [0.15, 0.2) is 5.54 Å². The topological polar surface area (TPSA) is 103 Å². The second kappa shape index (κ2) is 9.73. The minimum Gasteiger partial charge on any atom is -0.368 e. The average Bonchev–Trinajstić information content (AvgIpc) is 3.77. The summed E-state index contributed by atoms with van der Waals surface area (Å²) in [5.74, 6) is 1.14. The number of aliphatic imine (C=N–C) groups is 1. The maximum atomic E-state index is 13.6. The maximum Gasteiger partial charge on any atom is 0.258 e. The Labute approximate surface area is 227 Å². The zero-order chi connectivity index (χ0) is 26.4. The molecule has 9 heteroatoms. The van der Waals surface area contributed by atoms with Crippen LogP contribution in [0.15, 0.2) is 65.9 Å². The quantitative estimate of drug-likeness (QED) is 0.516. The first-order valence-corrected chi connectivity index (χ1v) is 13.8. The molecule has 39 heavy (non-hydrogen) atoms. The Morgan fingerprint density at radius 3 is 2.26 bits per heavy atom. The minimum absolute atomic E-state index is 0.0686. The van der Waals surface area contributed by atoms with Crippen LogP contribution in [0.3, 0.4) is 0 Å². The number of nitrogens with one attached hydrogen (secondary N) is 2. The highest BCUT2D eigenvalue weighted by molar-refractivity contribution is 6.16. The second-order valence-corrected chi connectivity index (χ2v) is 11.1. The van der Waals surface area contributed by atoms with Crippen molar-refractivity contribution in [2.75, 3.05) is 39.3 Å². The van der Waals surface area contributed by atoms with Gasteiger partial charge in [-0.2, -0.15) is 5.10 Å². The first-order chi connectivity index (χ1) is 19.1. The number of aromatic amines is 1. The van der Waals surface area contributed by atoms with Crippen molar-refractivity contribution < 1.29 is 14.3 Å². The SMILES string of the molecule is O=C([C@H]1CCCO1)N1CC[C@@H](CN2C(=O)C3(CNC3)N=C2c2ccc(-c3ccc(-c4cn[nH]c4)cc3)cc2)C1. The van der Waals surface area contributed by atoms with Crippen LogP contribution >= 0.6 is 0 Å². The van der Waals surface area contributed by atoms with E-state index >= 15 is 0 Å². The number of carbonyl (C=O) groups is 2. The summed E-state index contributed by atoms with van der Waals surface area (Å²) in [6.07, 6.45) is 6.04. The van der Waals surface area contributed by atoms with Crippen molar-refractivity contribution in [2.24, 2.45) is 10.9 Å². The molecule has 4 aliphatic rings. The summed E-state index contributed by atoms with van der Waals surface area (Å²) in [6.45, 7) is 3.77. The molecule has 4 aliphatic heterocycles. The van der Waals surface area contributed by atoms with Gasteiger partial charge in [-0.25, -0.2) is 4.99 Å². The van der Waals surface area contributed by atoms with E-state index < -0.39 is 5.54 Å². The molecule has 200 valence electrons. The van der Waals surface area contributed by atoms with Gasteiger partial charge in [-0.15, -0.1) is 0 Å². The van der Waals surface area contributed by atoms with Crippen molar-refractivity contribution in [3.05, 3.63) is 66.5 Å². The monoisotopic (exact) mass is 524 g/mol. The maximum absolute atomic E-state index is 13.6. The number of hydrogen-bond donors (Lipinski definition) is 2. The molecule has 5 heterocycles. The molecule has 0 aliphatic carbocycles. The molecule has 3 fully saturated rings. The molecule has 3 aromatic rings. The molecule has 2 amide bonds. The summed E-state index contributed by atoms with van der Waals surface area (Å²) in [5.41, 5.74) is 4.65. The molecule has 3 saturated heterocycles. The van der Waals surface area contributed by atoms with Crippen molar-refractivity contribution in [1.82, 2.24) is 25.3 Å². The van der Waals surface area contributed by atoms with Crippen LogP contribution in [0.5, 0.6) is 0 Å². The fraction of sp³-hybridized carbons (Fsp3) is 0.400. The van der Waals surface area contributed by atoms with Crippen molar-refractivity contribution >= 4 is 17.6 Å². The van der Waals surface area contributed by atoms with Crippen molar-refractivity contribution in [1.29, 1.82) is 0 Å². The minimum atomic E-state index is -0.692. The number of benzene rings is 2. The standard InChI is InChI=1S/C30H32N6O3/c37-28(26-2-1-13-39-26)35-12-11-20(16-35)17-36-27(34-30(29(36)38)18-31-19-30)24-9-7-22(8-10-24)21-3-5-23(6-4-21)25-14-32-33-15-25/h3-10,14-15,20,26,31H,1-2,11-13,16-19H2,(H,32,33)/t20-,26-/m1/s1. The largest absolute Gasteiger partial charge is 0.368 e. The number of H-pyrrole nitrogens is 1. The van der Waals surface area contributed by atoms with E-state index in [1.807, 2.05) is 22.2 Å². The van der Waals surface area contributed by atoms with Crippen molar-refractivity contribution in [3.63, 3.8) is 0 Å². The summed E-state index contributed by atoms with van der Waals surface area (Å²) < 4.78 is 5.62. The molecule has 2 aromatic carbocycles. The van der Waals surface area contributed by atoms with Crippen molar-refractivity contribution in [2.45, 2.75) is 30.9 Å². The van der Waals surface area contributed by atoms with E-state index in [2.05, 4.69) is 64.0 Å². The third-order valence-electron chi connectivity index (χ3n) is 8.49. The lowest BCUT2D eigenvalue weighted by atomic mass is 9.92. The molecule has 1 aromatic heterocycles. The third kappa shape index (κ3) is 4.35. The van der Waals surface area contributed by atoms with E-state index in [-0.39, 0.29) is 23.8 Å². The normalized spacial score (nSPS) is 23.9. The van der Waals surface area contributed by atoms with Gasteiger partial charge in [0.2, 0.25) is 0 Å².